The number of amides is 2. The third kappa shape index (κ3) is 5.63. The van der Waals surface area contributed by atoms with Gasteiger partial charge in [0.05, 0.1) is 21.3 Å². The summed E-state index contributed by atoms with van der Waals surface area (Å²) < 4.78 is 1.44. The summed E-state index contributed by atoms with van der Waals surface area (Å²) in [4.78, 5) is 37.2. The van der Waals surface area contributed by atoms with Crippen LogP contribution < -0.4 is 5.32 Å². The van der Waals surface area contributed by atoms with E-state index in [0.717, 1.165) is 0 Å². The summed E-state index contributed by atoms with van der Waals surface area (Å²) in [6, 6.07) is 12.0. The van der Waals surface area contributed by atoms with Gasteiger partial charge in [-0.1, -0.05) is 30.1 Å². The zero-order valence-corrected chi connectivity index (χ0v) is 18.5. The molecule has 3 aromatic rings. The molecule has 1 N–H and O–H groups in total. The molecule has 0 aliphatic carbocycles. The molecule has 0 fully saturated rings. The van der Waals surface area contributed by atoms with Gasteiger partial charge in [0, 0.05) is 29.9 Å². The molecule has 166 valence electrons. The monoisotopic (exact) mass is 475 g/mol. The number of benzene rings is 2. The quantitative estimate of drug-likeness (QED) is 0.378. The molecular formula is C21H19Cl2N5O4. The Kier molecular flexibility index (Phi) is 7.45. The average Bonchev–Trinajstić information content (AvgIpc) is 3.26. The minimum atomic E-state index is -0.494. The summed E-state index contributed by atoms with van der Waals surface area (Å²) >= 11 is 12.0. The van der Waals surface area contributed by atoms with E-state index < -0.39 is 16.7 Å². The fourth-order valence-electron chi connectivity index (χ4n) is 2.95. The van der Waals surface area contributed by atoms with Crippen molar-refractivity contribution in [2.75, 3.05) is 18.4 Å². The standard InChI is InChI=1S/C21H19Cl2N5O4/c1-2-10-26(13-20(29)24-19-12-14(22)3-8-17(19)23)21(30)18-9-11-27(25-18)15-4-6-16(7-5-15)28(31)32/h3-9,11-12H,2,10,13H2,1H3,(H,24,29). The minimum absolute atomic E-state index is 0.0443. The molecule has 0 saturated carbocycles. The number of nitro groups is 1. The zero-order chi connectivity index (χ0) is 23.3. The molecule has 0 atom stereocenters. The summed E-state index contributed by atoms with van der Waals surface area (Å²) in [5.41, 5.74) is 1.02. The Balaban J connectivity index is 1.72. The largest absolute Gasteiger partial charge is 0.328 e. The number of aromatic nitrogens is 2. The summed E-state index contributed by atoms with van der Waals surface area (Å²) in [5.74, 6) is -0.842. The van der Waals surface area contributed by atoms with Crippen LogP contribution in [0, 0.1) is 10.1 Å². The molecule has 0 unspecified atom stereocenters. The van der Waals surface area contributed by atoms with Crippen molar-refractivity contribution in [1.29, 1.82) is 0 Å². The van der Waals surface area contributed by atoms with Gasteiger partial charge in [-0.05, 0) is 42.8 Å². The number of anilines is 1. The molecule has 0 bridgehead atoms. The van der Waals surface area contributed by atoms with Crippen molar-refractivity contribution in [1.82, 2.24) is 14.7 Å². The first-order chi connectivity index (χ1) is 15.3. The highest BCUT2D eigenvalue weighted by molar-refractivity contribution is 6.35. The molecule has 0 radical (unpaired) electrons. The van der Waals surface area contributed by atoms with Crippen LogP contribution in [0.15, 0.2) is 54.7 Å². The van der Waals surface area contributed by atoms with Crippen molar-refractivity contribution < 1.29 is 14.5 Å². The first-order valence-corrected chi connectivity index (χ1v) is 10.4. The average molecular weight is 476 g/mol. The van der Waals surface area contributed by atoms with Crippen LogP contribution >= 0.6 is 23.2 Å². The summed E-state index contributed by atoms with van der Waals surface area (Å²) in [5, 5.41) is 18.5. The van der Waals surface area contributed by atoms with Crippen molar-refractivity contribution >= 4 is 46.4 Å². The third-order valence-corrected chi connectivity index (χ3v) is 5.02. The van der Waals surface area contributed by atoms with Gasteiger partial charge in [-0.15, -0.1) is 0 Å². The van der Waals surface area contributed by atoms with E-state index in [2.05, 4.69) is 10.4 Å². The minimum Gasteiger partial charge on any atom is -0.328 e. The van der Waals surface area contributed by atoms with E-state index in [1.54, 1.807) is 18.3 Å². The van der Waals surface area contributed by atoms with Crippen LogP contribution in [0.4, 0.5) is 11.4 Å². The second kappa shape index (κ2) is 10.3. The fraction of sp³-hybridized carbons (Fsp3) is 0.190. The molecule has 0 aliphatic heterocycles. The van der Waals surface area contributed by atoms with E-state index in [0.29, 0.717) is 34.4 Å². The Hall–Kier alpha value is -3.43. The molecule has 1 heterocycles. The Labute approximate surface area is 193 Å². The molecule has 2 amide bonds. The lowest BCUT2D eigenvalue weighted by atomic mass is 10.3. The SMILES string of the molecule is CCCN(CC(=O)Nc1cc(Cl)ccc1Cl)C(=O)c1ccn(-c2ccc([N+](=O)[O-])cc2)n1. The summed E-state index contributed by atoms with van der Waals surface area (Å²) in [6.45, 7) is 2.04. The van der Waals surface area contributed by atoms with Gasteiger partial charge >= 0.3 is 0 Å². The van der Waals surface area contributed by atoms with Crippen LogP contribution in [0.2, 0.25) is 10.0 Å². The van der Waals surface area contributed by atoms with Gasteiger partial charge < -0.3 is 10.2 Å². The molecule has 0 spiro atoms. The number of nitrogens with zero attached hydrogens (tertiary/aromatic N) is 4. The number of nitro benzene ring substituents is 1. The maximum absolute atomic E-state index is 13.0. The second-order valence-corrected chi connectivity index (χ2v) is 7.66. The number of rotatable bonds is 8. The molecule has 2 aromatic carbocycles. The summed E-state index contributed by atoms with van der Waals surface area (Å²) in [7, 11) is 0. The smallest absolute Gasteiger partial charge is 0.274 e. The van der Waals surface area contributed by atoms with Crippen LogP contribution in [0.25, 0.3) is 5.69 Å². The van der Waals surface area contributed by atoms with Crippen LogP contribution in [-0.2, 0) is 4.79 Å². The molecule has 0 saturated heterocycles. The molecule has 1 aromatic heterocycles. The van der Waals surface area contributed by atoms with E-state index in [9.17, 15) is 19.7 Å². The normalized spacial score (nSPS) is 10.6. The van der Waals surface area contributed by atoms with Crippen LogP contribution in [-0.4, -0.2) is 44.5 Å². The Morgan fingerprint density at radius 2 is 1.88 bits per heavy atom. The predicted molar refractivity (Wildman–Crippen MR) is 122 cm³/mol. The van der Waals surface area contributed by atoms with Crippen LogP contribution in [0.3, 0.4) is 0 Å². The van der Waals surface area contributed by atoms with Gasteiger partial charge in [0.15, 0.2) is 5.69 Å². The fourth-order valence-corrected chi connectivity index (χ4v) is 3.29. The van der Waals surface area contributed by atoms with E-state index in [4.69, 9.17) is 23.2 Å². The van der Waals surface area contributed by atoms with E-state index >= 15 is 0 Å². The Morgan fingerprint density at radius 3 is 2.53 bits per heavy atom. The molecule has 3 rings (SSSR count). The highest BCUT2D eigenvalue weighted by Gasteiger charge is 2.21. The number of non-ortho nitro benzene ring substituents is 1. The van der Waals surface area contributed by atoms with E-state index in [1.165, 1.54) is 46.0 Å². The second-order valence-electron chi connectivity index (χ2n) is 6.82. The Morgan fingerprint density at radius 1 is 1.16 bits per heavy atom. The lowest BCUT2D eigenvalue weighted by Crippen LogP contribution is -2.38. The number of carbonyl (C=O) groups is 2. The van der Waals surface area contributed by atoms with Crippen molar-refractivity contribution in [3.05, 3.63) is 80.6 Å². The number of halogens is 2. The van der Waals surface area contributed by atoms with Gasteiger partial charge in [-0.25, -0.2) is 4.68 Å². The van der Waals surface area contributed by atoms with E-state index in [-0.39, 0.29) is 17.9 Å². The van der Waals surface area contributed by atoms with Gasteiger partial charge in [-0.2, -0.15) is 5.10 Å². The van der Waals surface area contributed by atoms with Gasteiger partial charge in [0.1, 0.15) is 6.54 Å². The third-order valence-electron chi connectivity index (χ3n) is 4.45. The van der Waals surface area contributed by atoms with Crippen LogP contribution in [0.5, 0.6) is 0 Å². The van der Waals surface area contributed by atoms with Gasteiger partial charge in [0.2, 0.25) is 5.91 Å². The Bertz CT molecular complexity index is 1150. The first-order valence-electron chi connectivity index (χ1n) is 9.63. The van der Waals surface area contributed by atoms with Gasteiger partial charge in [-0.3, -0.25) is 19.7 Å². The highest BCUT2D eigenvalue weighted by Crippen LogP contribution is 2.25. The molecular weight excluding hydrogens is 457 g/mol. The lowest BCUT2D eigenvalue weighted by molar-refractivity contribution is -0.384. The molecule has 32 heavy (non-hydrogen) atoms. The predicted octanol–water partition coefficient (Wildman–Crippen LogP) is 4.58. The van der Waals surface area contributed by atoms with Crippen molar-refractivity contribution in [3.8, 4) is 5.69 Å². The van der Waals surface area contributed by atoms with E-state index in [1.807, 2.05) is 6.92 Å². The number of carbonyl (C=O) groups excluding carboxylic acids is 2. The van der Waals surface area contributed by atoms with Crippen molar-refractivity contribution in [2.24, 2.45) is 0 Å². The molecule has 9 nitrogen and oxygen atoms in total. The van der Waals surface area contributed by atoms with Crippen molar-refractivity contribution in [3.63, 3.8) is 0 Å². The number of hydrogen-bond acceptors (Lipinski definition) is 5. The maximum Gasteiger partial charge on any atom is 0.274 e. The molecule has 11 heteroatoms. The number of hydrogen-bond donors (Lipinski definition) is 1. The summed E-state index contributed by atoms with van der Waals surface area (Å²) in [6.07, 6.45) is 2.21. The highest BCUT2D eigenvalue weighted by atomic mass is 35.5. The topological polar surface area (TPSA) is 110 Å². The van der Waals surface area contributed by atoms with Gasteiger partial charge in [0.25, 0.3) is 11.6 Å². The van der Waals surface area contributed by atoms with Crippen LogP contribution in [0.1, 0.15) is 23.8 Å². The maximum atomic E-state index is 13.0. The molecule has 0 aliphatic rings. The number of nitrogens with one attached hydrogen (secondary N) is 1. The van der Waals surface area contributed by atoms with Crippen molar-refractivity contribution in [2.45, 2.75) is 13.3 Å². The first kappa shape index (κ1) is 23.2. The zero-order valence-electron chi connectivity index (χ0n) is 17.0. The lowest BCUT2D eigenvalue weighted by Gasteiger charge is -2.20.